The Labute approximate surface area is 169 Å². The maximum absolute atomic E-state index is 13.3. The van der Waals surface area contributed by atoms with Crippen molar-refractivity contribution in [2.45, 2.75) is 39.3 Å². The molecular formula is C23H24N4O2. The lowest BCUT2D eigenvalue weighted by Gasteiger charge is -2.22. The van der Waals surface area contributed by atoms with Crippen LogP contribution in [0.15, 0.2) is 54.7 Å². The van der Waals surface area contributed by atoms with Gasteiger partial charge in [0, 0.05) is 18.2 Å². The number of amides is 2. The zero-order valence-corrected chi connectivity index (χ0v) is 16.6. The third kappa shape index (κ3) is 3.92. The molecule has 0 radical (unpaired) electrons. The second kappa shape index (κ2) is 7.54. The first kappa shape index (κ1) is 18.9. The average molecular weight is 388 g/mol. The van der Waals surface area contributed by atoms with Crippen LogP contribution in [0.1, 0.15) is 50.4 Å². The van der Waals surface area contributed by atoms with Gasteiger partial charge in [-0.05, 0) is 62.1 Å². The van der Waals surface area contributed by atoms with Gasteiger partial charge >= 0.3 is 0 Å². The SMILES string of the molecule is Cc1cccc(-n2ncc(C(=O)N(Cc3ccc(C(N)=O)cc3)C3CC3)c2C)c1. The summed E-state index contributed by atoms with van der Waals surface area (Å²) >= 11 is 0. The quantitative estimate of drug-likeness (QED) is 0.703. The summed E-state index contributed by atoms with van der Waals surface area (Å²) in [6.07, 6.45) is 3.68. The molecule has 1 heterocycles. The van der Waals surface area contributed by atoms with E-state index in [1.54, 1.807) is 18.3 Å². The van der Waals surface area contributed by atoms with Crippen molar-refractivity contribution in [3.63, 3.8) is 0 Å². The first-order valence-corrected chi connectivity index (χ1v) is 9.75. The van der Waals surface area contributed by atoms with E-state index in [1.165, 1.54) is 0 Å². The van der Waals surface area contributed by atoms with Crippen molar-refractivity contribution in [2.75, 3.05) is 0 Å². The number of hydrogen-bond donors (Lipinski definition) is 1. The lowest BCUT2D eigenvalue weighted by Crippen LogP contribution is -2.33. The van der Waals surface area contributed by atoms with Gasteiger partial charge in [-0.25, -0.2) is 4.68 Å². The van der Waals surface area contributed by atoms with E-state index < -0.39 is 5.91 Å². The molecule has 1 aliphatic carbocycles. The minimum Gasteiger partial charge on any atom is -0.366 e. The van der Waals surface area contributed by atoms with Gasteiger partial charge in [-0.2, -0.15) is 5.10 Å². The van der Waals surface area contributed by atoms with Gasteiger partial charge in [0.1, 0.15) is 0 Å². The molecule has 6 nitrogen and oxygen atoms in total. The highest BCUT2D eigenvalue weighted by molar-refractivity contribution is 5.95. The molecule has 0 aliphatic heterocycles. The molecule has 2 aromatic carbocycles. The molecule has 1 saturated carbocycles. The minimum atomic E-state index is -0.453. The van der Waals surface area contributed by atoms with Crippen LogP contribution in [0.3, 0.4) is 0 Å². The number of aryl methyl sites for hydroxylation is 1. The lowest BCUT2D eigenvalue weighted by molar-refractivity contribution is 0.0728. The summed E-state index contributed by atoms with van der Waals surface area (Å²) < 4.78 is 1.81. The number of carbonyl (C=O) groups is 2. The van der Waals surface area contributed by atoms with Crippen LogP contribution in [0.25, 0.3) is 5.69 Å². The van der Waals surface area contributed by atoms with Crippen molar-refractivity contribution in [3.05, 3.63) is 82.7 Å². The number of benzene rings is 2. The van der Waals surface area contributed by atoms with Crippen molar-refractivity contribution < 1.29 is 9.59 Å². The van der Waals surface area contributed by atoms with Gasteiger partial charge in [-0.1, -0.05) is 24.3 Å². The molecule has 0 unspecified atom stereocenters. The highest BCUT2D eigenvalue weighted by atomic mass is 16.2. The minimum absolute atomic E-state index is 0.0112. The van der Waals surface area contributed by atoms with Crippen LogP contribution >= 0.6 is 0 Å². The standard InChI is InChI=1S/C23H24N4O2/c1-15-4-3-5-20(12-15)27-16(2)21(13-25-27)23(29)26(19-10-11-19)14-17-6-8-18(9-7-17)22(24)28/h3-9,12-13,19H,10-11,14H2,1-2H3,(H2,24,28). The van der Waals surface area contributed by atoms with Gasteiger partial charge in [-0.3, -0.25) is 9.59 Å². The third-order valence-corrected chi connectivity index (χ3v) is 5.33. The van der Waals surface area contributed by atoms with Crippen molar-refractivity contribution in [3.8, 4) is 5.69 Å². The highest BCUT2D eigenvalue weighted by Gasteiger charge is 2.34. The zero-order valence-electron chi connectivity index (χ0n) is 16.6. The largest absolute Gasteiger partial charge is 0.366 e. The van der Waals surface area contributed by atoms with E-state index in [2.05, 4.69) is 5.10 Å². The predicted octanol–water partition coefficient (Wildman–Crippen LogP) is 3.39. The summed E-state index contributed by atoms with van der Waals surface area (Å²) in [5.74, 6) is -0.464. The molecule has 148 valence electrons. The van der Waals surface area contributed by atoms with Crippen LogP contribution in [-0.4, -0.2) is 32.5 Å². The summed E-state index contributed by atoms with van der Waals surface area (Å²) in [5, 5.41) is 4.47. The number of aromatic nitrogens is 2. The molecule has 0 saturated heterocycles. The second-order valence-corrected chi connectivity index (χ2v) is 7.62. The Kier molecular flexibility index (Phi) is 4.92. The zero-order chi connectivity index (χ0) is 20.5. The summed E-state index contributed by atoms with van der Waals surface area (Å²) in [6, 6.07) is 15.4. The first-order chi connectivity index (χ1) is 13.9. The number of carbonyl (C=O) groups excluding carboxylic acids is 2. The topological polar surface area (TPSA) is 81.2 Å². The Hall–Kier alpha value is -3.41. The summed E-state index contributed by atoms with van der Waals surface area (Å²) in [7, 11) is 0. The van der Waals surface area contributed by atoms with E-state index in [0.29, 0.717) is 17.7 Å². The number of nitrogens with two attached hydrogens (primary N) is 1. The fourth-order valence-electron chi connectivity index (χ4n) is 3.52. The fourth-order valence-corrected chi connectivity index (χ4v) is 3.52. The van der Waals surface area contributed by atoms with E-state index in [9.17, 15) is 9.59 Å². The van der Waals surface area contributed by atoms with E-state index in [0.717, 1.165) is 35.3 Å². The third-order valence-electron chi connectivity index (χ3n) is 5.33. The Morgan fingerprint density at radius 3 is 2.48 bits per heavy atom. The Morgan fingerprint density at radius 1 is 1.14 bits per heavy atom. The molecule has 1 fully saturated rings. The molecular weight excluding hydrogens is 364 g/mol. The van der Waals surface area contributed by atoms with Gasteiger partial charge < -0.3 is 10.6 Å². The van der Waals surface area contributed by atoms with E-state index in [4.69, 9.17) is 5.73 Å². The molecule has 2 amide bonds. The number of hydrogen-bond acceptors (Lipinski definition) is 3. The smallest absolute Gasteiger partial charge is 0.257 e. The molecule has 2 N–H and O–H groups in total. The number of primary amides is 1. The van der Waals surface area contributed by atoms with Crippen LogP contribution in [0.4, 0.5) is 0 Å². The van der Waals surface area contributed by atoms with Crippen molar-refractivity contribution >= 4 is 11.8 Å². The maximum Gasteiger partial charge on any atom is 0.257 e. The van der Waals surface area contributed by atoms with Gasteiger partial charge in [0.15, 0.2) is 0 Å². The number of nitrogens with zero attached hydrogens (tertiary/aromatic N) is 3. The Morgan fingerprint density at radius 2 is 1.86 bits per heavy atom. The molecule has 29 heavy (non-hydrogen) atoms. The maximum atomic E-state index is 13.3. The van der Waals surface area contributed by atoms with E-state index in [1.807, 2.05) is 59.8 Å². The second-order valence-electron chi connectivity index (χ2n) is 7.62. The van der Waals surface area contributed by atoms with Crippen LogP contribution in [-0.2, 0) is 6.54 Å². The molecule has 1 aliphatic rings. The van der Waals surface area contributed by atoms with E-state index in [-0.39, 0.29) is 11.9 Å². The van der Waals surface area contributed by atoms with Crippen molar-refractivity contribution in [1.82, 2.24) is 14.7 Å². The Bertz CT molecular complexity index is 1060. The molecule has 6 heteroatoms. The summed E-state index contributed by atoms with van der Waals surface area (Å²) in [4.78, 5) is 26.5. The molecule has 0 bridgehead atoms. The predicted molar refractivity (Wildman–Crippen MR) is 111 cm³/mol. The monoisotopic (exact) mass is 388 g/mol. The van der Waals surface area contributed by atoms with Crippen LogP contribution in [0.2, 0.25) is 0 Å². The number of rotatable bonds is 6. The molecule has 3 aromatic rings. The van der Waals surface area contributed by atoms with Gasteiger partial charge in [0.2, 0.25) is 5.91 Å². The normalized spacial score (nSPS) is 13.3. The lowest BCUT2D eigenvalue weighted by atomic mass is 10.1. The fraction of sp³-hybridized carbons (Fsp3) is 0.261. The Balaban J connectivity index is 1.59. The van der Waals surface area contributed by atoms with Gasteiger partial charge in [0.25, 0.3) is 5.91 Å². The van der Waals surface area contributed by atoms with Crippen LogP contribution in [0.5, 0.6) is 0 Å². The van der Waals surface area contributed by atoms with E-state index >= 15 is 0 Å². The molecule has 4 rings (SSSR count). The molecule has 0 spiro atoms. The van der Waals surface area contributed by atoms with Crippen molar-refractivity contribution in [1.29, 1.82) is 0 Å². The van der Waals surface area contributed by atoms with Crippen molar-refractivity contribution in [2.24, 2.45) is 5.73 Å². The van der Waals surface area contributed by atoms with Gasteiger partial charge in [0.05, 0.1) is 23.1 Å². The summed E-state index contributed by atoms with van der Waals surface area (Å²) in [6.45, 7) is 4.46. The average Bonchev–Trinajstić information content (AvgIpc) is 3.47. The molecule has 1 aromatic heterocycles. The molecule has 0 atom stereocenters. The van der Waals surface area contributed by atoms with Crippen LogP contribution < -0.4 is 5.73 Å². The highest BCUT2D eigenvalue weighted by Crippen LogP contribution is 2.30. The van der Waals surface area contributed by atoms with Gasteiger partial charge in [-0.15, -0.1) is 0 Å². The summed E-state index contributed by atoms with van der Waals surface area (Å²) in [5.41, 5.74) is 10.3. The van der Waals surface area contributed by atoms with Crippen LogP contribution in [0, 0.1) is 13.8 Å². The first-order valence-electron chi connectivity index (χ1n) is 9.75.